The summed E-state index contributed by atoms with van der Waals surface area (Å²) in [6.45, 7) is 8.45. The summed E-state index contributed by atoms with van der Waals surface area (Å²) in [6, 6.07) is 4.25. The number of carbonyl (C=O) groups excluding carboxylic acids is 2. The highest BCUT2D eigenvalue weighted by Gasteiger charge is 2.33. The number of aliphatic hydroxyl groups is 1. The Labute approximate surface area is 165 Å². The SMILES string of the molecule is CNCC(O)c1ccc(O)c(OC(OC(=O)C(C)(C)C)OC(=O)C(C)(C)C)c1. The molecule has 0 saturated heterocycles. The number of aliphatic hydroxyl groups excluding tert-OH is 1. The number of benzene rings is 1. The minimum Gasteiger partial charge on any atom is -0.504 e. The molecule has 1 atom stereocenters. The van der Waals surface area contributed by atoms with Gasteiger partial charge in [0.2, 0.25) is 0 Å². The lowest BCUT2D eigenvalue weighted by Gasteiger charge is -2.26. The number of phenolic OH excluding ortho intramolecular Hbond substituents is 1. The van der Waals surface area contributed by atoms with Gasteiger partial charge in [-0.2, -0.15) is 0 Å². The second kappa shape index (κ2) is 9.25. The van der Waals surface area contributed by atoms with E-state index in [-0.39, 0.29) is 18.0 Å². The van der Waals surface area contributed by atoms with Gasteiger partial charge in [0, 0.05) is 6.54 Å². The summed E-state index contributed by atoms with van der Waals surface area (Å²) in [4.78, 5) is 24.5. The van der Waals surface area contributed by atoms with Crippen molar-refractivity contribution in [3.63, 3.8) is 0 Å². The molecule has 0 heterocycles. The van der Waals surface area contributed by atoms with E-state index in [1.54, 1.807) is 48.6 Å². The average molecular weight is 397 g/mol. The van der Waals surface area contributed by atoms with Crippen molar-refractivity contribution in [3.8, 4) is 11.5 Å². The number of rotatable bonds is 7. The molecule has 0 radical (unpaired) electrons. The number of phenols is 1. The highest BCUT2D eigenvalue weighted by Crippen LogP contribution is 2.31. The van der Waals surface area contributed by atoms with Crippen LogP contribution in [-0.2, 0) is 19.1 Å². The number of hydrogen-bond donors (Lipinski definition) is 3. The molecule has 0 spiro atoms. The molecule has 0 aliphatic heterocycles. The zero-order valence-electron chi connectivity index (χ0n) is 17.5. The van der Waals surface area contributed by atoms with Crippen molar-refractivity contribution >= 4 is 11.9 Å². The number of likely N-dealkylation sites (N-methyl/N-ethyl adjacent to an activating group) is 1. The predicted octanol–water partition coefficient (Wildman–Crippen LogP) is 2.49. The van der Waals surface area contributed by atoms with Gasteiger partial charge in [-0.15, -0.1) is 0 Å². The van der Waals surface area contributed by atoms with Crippen LogP contribution in [0.2, 0.25) is 0 Å². The van der Waals surface area contributed by atoms with Crippen LogP contribution in [0, 0.1) is 10.8 Å². The molecule has 0 aromatic heterocycles. The van der Waals surface area contributed by atoms with Gasteiger partial charge in [0.15, 0.2) is 11.5 Å². The van der Waals surface area contributed by atoms with E-state index in [2.05, 4.69) is 5.32 Å². The van der Waals surface area contributed by atoms with Gasteiger partial charge >= 0.3 is 18.4 Å². The maximum atomic E-state index is 12.2. The monoisotopic (exact) mass is 397 g/mol. The summed E-state index contributed by atoms with van der Waals surface area (Å²) in [5, 5.41) is 23.0. The van der Waals surface area contributed by atoms with Crippen molar-refractivity contribution < 1.29 is 34.0 Å². The summed E-state index contributed by atoms with van der Waals surface area (Å²) in [6.07, 6.45) is -0.847. The summed E-state index contributed by atoms with van der Waals surface area (Å²) < 4.78 is 15.9. The Morgan fingerprint density at radius 3 is 1.96 bits per heavy atom. The van der Waals surface area contributed by atoms with Gasteiger partial charge in [-0.25, -0.2) is 0 Å². The first-order valence-corrected chi connectivity index (χ1v) is 9.00. The summed E-state index contributed by atoms with van der Waals surface area (Å²) in [5.74, 6) is -1.65. The van der Waals surface area contributed by atoms with Crippen LogP contribution in [0.25, 0.3) is 0 Å². The van der Waals surface area contributed by atoms with E-state index in [0.717, 1.165) is 0 Å². The predicted molar refractivity (Wildman–Crippen MR) is 103 cm³/mol. The van der Waals surface area contributed by atoms with Crippen LogP contribution in [-0.4, -0.2) is 42.2 Å². The summed E-state index contributed by atoms with van der Waals surface area (Å²) in [5.41, 5.74) is -1.25. The number of nitrogens with one attached hydrogen (secondary N) is 1. The molecule has 8 nitrogen and oxygen atoms in total. The first kappa shape index (κ1) is 23.7. The lowest BCUT2D eigenvalue weighted by Crippen LogP contribution is -2.37. The molecule has 0 aliphatic carbocycles. The highest BCUT2D eigenvalue weighted by atomic mass is 16.9. The van der Waals surface area contributed by atoms with Crippen molar-refractivity contribution in [1.29, 1.82) is 0 Å². The van der Waals surface area contributed by atoms with Crippen molar-refractivity contribution in [1.82, 2.24) is 5.32 Å². The lowest BCUT2D eigenvalue weighted by atomic mass is 9.97. The van der Waals surface area contributed by atoms with E-state index in [0.29, 0.717) is 5.56 Å². The van der Waals surface area contributed by atoms with Gasteiger partial charge in [0.25, 0.3) is 0 Å². The molecule has 0 fully saturated rings. The number of carbonyl (C=O) groups is 2. The summed E-state index contributed by atoms with van der Waals surface area (Å²) in [7, 11) is 1.69. The van der Waals surface area contributed by atoms with E-state index in [1.165, 1.54) is 18.2 Å². The summed E-state index contributed by atoms with van der Waals surface area (Å²) >= 11 is 0. The molecule has 0 aliphatic rings. The number of aromatic hydroxyl groups is 1. The van der Waals surface area contributed by atoms with Crippen LogP contribution in [0.15, 0.2) is 18.2 Å². The first-order valence-electron chi connectivity index (χ1n) is 9.00. The smallest absolute Gasteiger partial charge is 0.410 e. The average Bonchev–Trinajstić information content (AvgIpc) is 2.55. The topological polar surface area (TPSA) is 114 Å². The van der Waals surface area contributed by atoms with E-state index in [1.807, 2.05) is 0 Å². The van der Waals surface area contributed by atoms with Crippen molar-refractivity contribution in [2.75, 3.05) is 13.6 Å². The Bertz CT molecular complexity index is 661. The third kappa shape index (κ3) is 7.01. The van der Waals surface area contributed by atoms with Crippen molar-refractivity contribution in [2.24, 2.45) is 10.8 Å². The highest BCUT2D eigenvalue weighted by molar-refractivity contribution is 5.77. The molecular weight excluding hydrogens is 366 g/mol. The minimum absolute atomic E-state index is 0.0962. The molecule has 1 unspecified atom stereocenters. The molecule has 8 heteroatoms. The Morgan fingerprint density at radius 1 is 1.04 bits per heavy atom. The molecule has 1 aromatic carbocycles. The maximum absolute atomic E-state index is 12.2. The van der Waals surface area contributed by atoms with E-state index in [9.17, 15) is 19.8 Å². The van der Waals surface area contributed by atoms with Crippen LogP contribution in [0.3, 0.4) is 0 Å². The Kier molecular flexibility index (Phi) is 7.84. The van der Waals surface area contributed by atoms with Crippen molar-refractivity contribution in [2.45, 2.75) is 54.1 Å². The fourth-order valence-corrected chi connectivity index (χ4v) is 1.85. The minimum atomic E-state index is -1.69. The van der Waals surface area contributed by atoms with Gasteiger partial charge in [0.05, 0.1) is 16.9 Å². The largest absolute Gasteiger partial charge is 0.504 e. The molecule has 28 heavy (non-hydrogen) atoms. The molecule has 158 valence electrons. The van der Waals surface area contributed by atoms with Gasteiger partial charge in [-0.05, 0) is 66.3 Å². The fourth-order valence-electron chi connectivity index (χ4n) is 1.85. The normalized spacial score (nSPS) is 13.2. The van der Waals surface area contributed by atoms with Crippen LogP contribution in [0.5, 0.6) is 11.5 Å². The zero-order valence-corrected chi connectivity index (χ0v) is 17.5. The van der Waals surface area contributed by atoms with Crippen LogP contribution >= 0.6 is 0 Å². The lowest BCUT2D eigenvalue weighted by molar-refractivity contribution is -0.245. The second-order valence-electron chi connectivity index (χ2n) is 8.52. The fraction of sp³-hybridized carbons (Fsp3) is 0.600. The molecule has 0 saturated carbocycles. The third-order valence-corrected chi connectivity index (χ3v) is 3.62. The van der Waals surface area contributed by atoms with Crippen molar-refractivity contribution in [3.05, 3.63) is 23.8 Å². The quantitative estimate of drug-likeness (QED) is 0.475. The number of esters is 2. The van der Waals surface area contributed by atoms with Crippen LogP contribution < -0.4 is 10.1 Å². The Balaban J connectivity index is 3.12. The molecule has 1 aromatic rings. The zero-order chi connectivity index (χ0) is 21.7. The van der Waals surface area contributed by atoms with Gasteiger partial charge in [-0.3, -0.25) is 9.59 Å². The molecule has 1 rings (SSSR count). The number of hydrogen-bond acceptors (Lipinski definition) is 8. The third-order valence-electron chi connectivity index (χ3n) is 3.62. The standard InChI is InChI=1S/C20H31NO7/c1-19(2,3)16(24)27-18(28-17(25)20(4,5)6)26-15-10-12(8-9-13(15)22)14(23)11-21-7/h8-10,14,18,21-23H,11H2,1-7H3. The molecule has 3 N–H and O–H groups in total. The molecule has 0 bridgehead atoms. The second-order valence-corrected chi connectivity index (χ2v) is 8.52. The van der Waals surface area contributed by atoms with Gasteiger partial charge in [-0.1, -0.05) is 6.07 Å². The van der Waals surface area contributed by atoms with Gasteiger partial charge < -0.3 is 29.7 Å². The molecule has 0 amide bonds. The van der Waals surface area contributed by atoms with E-state index < -0.39 is 35.3 Å². The maximum Gasteiger partial charge on any atom is 0.410 e. The number of ether oxygens (including phenoxy) is 3. The first-order chi connectivity index (χ1) is 12.8. The van der Waals surface area contributed by atoms with E-state index >= 15 is 0 Å². The van der Waals surface area contributed by atoms with Crippen LogP contribution in [0.4, 0.5) is 0 Å². The van der Waals surface area contributed by atoms with Crippen LogP contribution in [0.1, 0.15) is 53.2 Å². The Hall–Kier alpha value is -2.32. The molecular formula is C20H31NO7. The van der Waals surface area contributed by atoms with Gasteiger partial charge in [0.1, 0.15) is 0 Å². The Morgan fingerprint density at radius 2 is 1.54 bits per heavy atom. The van der Waals surface area contributed by atoms with E-state index in [4.69, 9.17) is 14.2 Å².